The van der Waals surface area contributed by atoms with Crippen LogP contribution in [0.1, 0.15) is 43.2 Å². The van der Waals surface area contributed by atoms with Crippen molar-refractivity contribution in [1.82, 2.24) is 9.88 Å². The van der Waals surface area contributed by atoms with Gasteiger partial charge in [-0.15, -0.1) is 0 Å². The van der Waals surface area contributed by atoms with E-state index >= 15 is 0 Å². The molecule has 110 valence electrons. The summed E-state index contributed by atoms with van der Waals surface area (Å²) in [5, 5.41) is 13.7. The highest BCUT2D eigenvalue weighted by molar-refractivity contribution is 5.93. The zero-order valence-corrected chi connectivity index (χ0v) is 11.7. The second kappa shape index (κ2) is 5.62. The molecule has 0 aromatic carbocycles. The van der Waals surface area contributed by atoms with E-state index in [1.54, 1.807) is 4.57 Å². The maximum absolute atomic E-state index is 12.3. The molecule has 1 fully saturated rings. The molecule has 1 aromatic rings. The smallest absolute Gasteiger partial charge is 0.287 e. The number of hydrogen-bond acceptors (Lipinski definition) is 4. The summed E-state index contributed by atoms with van der Waals surface area (Å²) in [6.07, 6.45) is 3.35. The molecule has 0 spiro atoms. The van der Waals surface area contributed by atoms with Crippen LogP contribution < -0.4 is 11.1 Å². The van der Waals surface area contributed by atoms with Crippen LogP contribution in [0.3, 0.4) is 0 Å². The summed E-state index contributed by atoms with van der Waals surface area (Å²) in [6, 6.07) is 1.41. The molecule has 20 heavy (non-hydrogen) atoms. The van der Waals surface area contributed by atoms with Gasteiger partial charge in [-0.05, 0) is 18.8 Å². The van der Waals surface area contributed by atoms with E-state index in [4.69, 9.17) is 5.73 Å². The van der Waals surface area contributed by atoms with Crippen molar-refractivity contribution < 1.29 is 9.72 Å². The number of carbonyl (C=O) groups is 1. The van der Waals surface area contributed by atoms with Crippen molar-refractivity contribution in [2.24, 2.45) is 11.7 Å². The molecule has 1 atom stereocenters. The fourth-order valence-electron chi connectivity index (χ4n) is 2.14. The Morgan fingerprint density at radius 2 is 2.25 bits per heavy atom. The molecule has 1 heterocycles. The van der Waals surface area contributed by atoms with Crippen LogP contribution in [0.4, 0.5) is 5.69 Å². The molecule has 7 heteroatoms. The number of nitrogens with one attached hydrogen (secondary N) is 1. The molecule has 1 aliphatic rings. The first-order chi connectivity index (χ1) is 9.43. The Labute approximate surface area is 117 Å². The number of hydrogen-bond donors (Lipinski definition) is 2. The van der Waals surface area contributed by atoms with Crippen molar-refractivity contribution in [3.63, 3.8) is 0 Å². The highest BCUT2D eigenvalue weighted by Gasteiger charge is 2.31. The minimum atomic E-state index is -0.474. The van der Waals surface area contributed by atoms with E-state index in [0.717, 1.165) is 12.8 Å². The predicted octanol–water partition coefficient (Wildman–Crippen LogP) is 1.44. The van der Waals surface area contributed by atoms with Crippen molar-refractivity contribution in [3.8, 4) is 0 Å². The van der Waals surface area contributed by atoms with E-state index in [9.17, 15) is 14.9 Å². The van der Waals surface area contributed by atoms with Gasteiger partial charge in [0.15, 0.2) is 0 Å². The van der Waals surface area contributed by atoms with E-state index in [0.29, 0.717) is 12.2 Å². The molecule has 1 amide bonds. The van der Waals surface area contributed by atoms with Gasteiger partial charge in [-0.2, -0.15) is 0 Å². The van der Waals surface area contributed by atoms with Crippen molar-refractivity contribution >= 4 is 11.6 Å². The highest BCUT2D eigenvalue weighted by Crippen LogP contribution is 2.37. The normalized spacial score (nSPS) is 16.2. The molecule has 1 unspecified atom stereocenters. The van der Waals surface area contributed by atoms with Gasteiger partial charge < -0.3 is 15.6 Å². The lowest BCUT2D eigenvalue weighted by Crippen LogP contribution is -2.44. The summed E-state index contributed by atoms with van der Waals surface area (Å²) in [6.45, 7) is 4.29. The van der Waals surface area contributed by atoms with Gasteiger partial charge in [-0.25, -0.2) is 0 Å². The van der Waals surface area contributed by atoms with Crippen molar-refractivity contribution in [3.05, 3.63) is 28.1 Å². The summed E-state index contributed by atoms with van der Waals surface area (Å²) in [4.78, 5) is 22.7. The quantitative estimate of drug-likeness (QED) is 0.608. The van der Waals surface area contributed by atoms with Gasteiger partial charge in [0.1, 0.15) is 5.69 Å². The van der Waals surface area contributed by atoms with E-state index < -0.39 is 4.92 Å². The maximum atomic E-state index is 12.3. The first-order valence-corrected chi connectivity index (χ1v) is 6.81. The number of rotatable bonds is 6. The minimum Gasteiger partial charge on any atom is -0.346 e. The van der Waals surface area contributed by atoms with Crippen molar-refractivity contribution in [2.75, 3.05) is 6.54 Å². The van der Waals surface area contributed by atoms with Crippen LogP contribution in [0.25, 0.3) is 0 Å². The van der Waals surface area contributed by atoms with E-state index in [2.05, 4.69) is 5.32 Å². The molecule has 0 saturated heterocycles. The van der Waals surface area contributed by atoms with E-state index in [1.165, 1.54) is 12.3 Å². The lowest BCUT2D eigenvalue weighted by molar-refractivity contribution is -0.384. The number of nitrogens with two attached hydrogens (primary N) is 1. The molecule has 0 radical (unpaired) electrons. The number of nitrogens with zero attached hydrogens (tertiary/aromatic N) is 2. The maximum Gasteiger partial charge on any atom is 0.287 e. The second-order valence-corrected chi connectivity index (χ2v) is 5.54. The Balaban J connectivity index is 2.22. The lowest BCUT2D eigenvalue weighted by atomic mass is 10.0. The van der Waals surface area contributed by atoms with Gasteiger partial charge in [-0.1, -0.05) is 13.8 Å². The molecule has 1 saturated carbocycles. The average Bonchev–Trinajstić information content (AvgIpc) is 3.13. The van der Waals surface area contributed by atoms with Gasteiger partial charge >= 0.3 is 0 Å². The van der Waals surface area contributed by atoms with Gasteiger partial charge in [-0.3, -0.25) is 14.9 Å². The van der Waals surface area contributed by atoms with Gasteiger partial charge in [0, 0.05) is 24.7 Å². The molecular formula is C13H20N4O3. The third-order valence-electron chi connectivity index (χ3n) is 3.59. The molecule has 3 N–H and O–H groups in total. The van der Waals surface area contributed by atoms with Gasteiger partial charge in [0.05, 0.1) is 11.1 Å². The molecule has 0 aliphatic heterocycles. The molecular weight excluding hydrogens is 260 g/mol. The van der Waals surface area contributed by atoms with Crippen LogP contribution in [0.2, 0.25) is 0 Å². The lowest BCUT2D eigenvalue weighted by Gasteiger charge is -2.20. The van der Waals surface area contributed by atoms with Gasteiger partial charge in [0.2, 0.25) is 0 Å². The molecule has 1 aromatic heterocycles. The Kier molecular flexibility index (Phi) is 4.08. The average molecular weight is 280 g/mol. The van der Waals surface area contributed by atoms with Crippen molar-refractivity contribution in [1.29, 1.82) is 0 Å². The summed E-state index contributed by atoms with van der Waals surface area (Å²) in [5.74, 6) is -0.0857. The zero-order chi connectivity index (χ0) is 14.9. The molecule has 7 nitrogen and oxygen atoms in total. The standard InChI is InChI=1S/C13H20N4O3/c1-8(2)11(6-14)15-13(18)12-5-10(17(19)20)7-16(12)9-3-4-9/h5,7-9,11H,3-4,6,14H2,1-2H3,(H,15,18). The highest BCUT2D eigenvalue weighted by atomic mass is 16.6. The van der Waals surface area contributed by atoms with Gasteiger partial charge in [0.25, 0.3) is 11.6 Å². The Hall–Kier alpha value is -1.89. The van der Waals surface area contributed by atoms with Crippen LogP contribution in [0, 0.1) is 16.0 Å². The fraction of sp³-hybridized carbons (Fsp3) is 0.615. The predicted molar refractivity (Wildman–Crippen MR) is 74.5 cm³/mol. The number of aromatic nitrogens is 1. The zero-order valence-electron chi connectivity index (χ0n) is 11.7. The summed E-state index contributed by atoms with van der Waals surface area (Å²) in [7, 11) is 0. The van der Waals surface area contributed by atoms with Crippen LogP contribution in [0.5, 0.6) is 0 Å². The largest absolute Gasteiger partial charge is 0.346 e. The summed E-state index contributed by atoms with van der Waals surface area (Å²) < 4.78 is 1.71. The molecule has 2 rings (SSSR count). The van der Waals surface area contributed by atoms with Crippen LogP contribution >= 0.6 is 0 Å². The number of nitro groups is 1. The van der Waals surface area contributed by atoms with Crippen molar-refractivity contribution in [2.45, 2.75) is 38.8 Å². The summed E-state index contributed by atoms with van der Waals surface area (Å²) in [5.41, 5.74) is 5.93. The Bertz CT molecular complexity index is 520. The third kappa shape index (κ3) is 2.98. The second-order valence-electron chi connectivity index (χ2n) is 5.54. The van der Waals surface area contributed by atoms with Crippen LogP contribution in [-0.2, 0) is 0 Å². The van der Waals surface area contributed by atoms with Crippen LogP contribution in [-0.4, -0.2) is 28.0 Å². The monoisotopic (exact) mass is 280 g/mol. The Morgan fingerprint density at radius 1 is 1.60 bits per heavy atom. The van der Waals surface area contributed by atoms with Crippen LogP contribution in [0.15, 0.2) is 12.3 Å². The first-order valence-electron chi connectivity index (χ1n) is 6.81. The SMILES string of the molecule is CC(C)C(CN)NC(=O)c1cc([N+](=O)[O-])cn1C1CC1. The first kappa shape index (κ1) is 14.5. The fourth-order valence-corrected chi connectivity index (χ4v) is 2.14. The van der Waals surface area contributed by atoms with E-state index in [1.807, 2.05) is 13.8 Å². The summed E-state index contributed by atoms with van der Waals surface area (Å²) >= 11 is 0. The third-order valence-corrected chi connectivity index (χ3v) is 3.59. The molecule has 1 aliphatic carbocycles. The van der Waals surface area contributed by atoms with E-state index in [-0.39, 0.29) is 29.6 Å². The number of carbonyl (C=O) groups excluding carboxylic acids is 1. The molecule has 0 bridgehead atoms. The topological polar surface area (TPSA) is 103 Å². The number of amides is 1. The minimum absolute atomic E-state index is 0.0455. The Morgan fingerprint density at radius 3 is 2.70 bits per heavy atom.